The Hall–Kier alpha value is -5.62. The molecule has 11 nitrogen and oxygen atoms in total. The monoisotopic (exact) mass is 1800 g/mol. The van der Waals surface area contributed by atoms with Gasteiger partial charge in [0, 0.05) is 164 Å². The van der Waals surface area contributed by atoms with Gasteiger partial charge in [0.25, 0.3) is 0 Å². The van der Waals surface area contributed by atoms with Gasteiger partial charge in [-0.15, -0.1) is 46.5 Å². The third-order valence-corrected chi connectivity index (χ3v) is 15.3. The third kappa shape index (κ3) is 40.4. The largest absolute Gasteiger partial charge is 0.422 e. The maximum atomic E-state index is 5.65. The first kappa shape index (κ1) is 115. The van der Waals surface area contributed by atoms with Crippen LogP contribution in [0, 0.1) is 55.4 Å². The second-order valence-corrected chi connectivity index (χ2v) is 22.2. The fourth-order valence-corrected chi connectivity index (χ4v) is 9.88. The van der Waals surface area contributed by atoms with Gasteiger partial charge in [-0.2, -0.15) is 73.8 Å². The van der Waals surface area contributed by atoms with Gasteiger partial charge in [-0.25, -0.2) is 20.2 Å². The molecule has 0 aliphatic carbocycles. The van der Waals surface area contributed by atoms with Crippen LogP contribution >= 0.6 is 11.3 Å². The van der Waals surface area contributed by atoms with Crippen LogP contribution in [0.15, 0.2) is 231 Å². The van der Waals surface area contributed by atoms with Gasteiger partial charge in [0.2, 0.25) is 5.13 Å². The molecule has 12 aromatic rings. The summed E-state index contributed by atoms with van der Waals surface area (Å²) >= 11 is 1.63. The molecule has 0 spiro atoms. The van der Waals surface area contributed by atoms with Crippen molar-refractivity contribution < 1.29 is 135 Å². The molecule has 0 aliphatic heterocycles. The van der Waals surface area contributed by atoms with E-state index in [0.717, 1.165) is 60.9 Å². The summed E-state index contributed by atoms with van der Waals surface area (Å²) in [4.78, 5) is 8.97. The number of para-hydroxylation sites is 3. The van der Waals surface area contributed by atoms with Crippen LogP contribution in [0.3, 0.4) is 0 Å². The topological polar surface area (TPSA) is 101 Å². The van der Waals surface area contributed by atoms with Crippen LogP contribution in [-0.4, -0.2) is 63.0 Å². The van der Waals surface area contributed by atoms with E-state index in [-0.39, 0.29) is 131 Å². The second-order valence-electron chi connectivity index (χ2n) is 21.2. The normalized spacial score (nSPS) is 9.38. The van der Waals surface area contributed by atoms with E-state index in [1.165, 1.54) is 65.2 Å². The molecule has 16 heteroatoms. The van der Waals surface area contributed by atoms with Crippen LogP contribution < -0.4 is 20.0 Å². The van der Waals surface area contributed by atoms with Crippen molar-refractivity contribution in [1.29, 1.82) is 0 Å². The van der Waals surface area contributed by atoms with Gasteiger partial charge >= 0.3 is 6.01 Å². The summed E-state index contributed by atoms with van der Waals surface area (Å²) in [7, 11) is 7.60. The molecular formula is C94H130N10OSY4-4. The molecule has 584 valence electrons. The first-order valence-corrected chi connectivity index (χ1v) is 39.1. The van der Waals surface area contributed by atoms with E-state index in [1.807, 2.05) is 219 Å². The molecule has 0 saturated heterocycles. The van der Waals surface area contributed by atoms with Crippen molar-refractivity contribution in [1.82, 2.24) is 9.97 Å². The Morgan fingerprint density at radius 2 is 0.664 bits per heavy atom. The predicted octanol–water partition coefficient (Wildman–Crippen LogP) is 27.9. The first-order valence-electron chi connectivity index (χ1n) is 38.3. The van der Waals surface area contributed by atoms with E-state index >= 15 is 0 Å². The average Bonchev–Trinajstić information content (AvgIpc) is 1.10. The quantitative estimate of drug-likeness (QED) is 0.0682. The van der Waals surface area contributed by atoms with Crippen molar-refractivity contribution in [2.24, 2.45) is 20.4 Å². The zero-order valence-corrected chi connectivity index (χ0v) is 85.4. The van der Waals surface area contributed by atoms with Crippen molar-refractivity contribution in [3.63, 3.8) is 0 Å². The van der Waals surface area contributed by atoms with E-state index in [1.54, 1.807) is 28.4 Å². The minimum Gasteiger partial charge on any atom is -0.422 e. The number of nitrogens with zero attached hydrogens (tertiary/aromatic N) is 10. The van der Waals surface area contributed by atoms with Gasteiger partial charge in [0.05, 0.1) is 21.6 Å². The Morgan fingerprint density at radius 3 is 1.10 bits per heavy atom. The Morgan fingerprint density at radius 1 is 0.309 bits per heavy atom. The summed E-state index contributed by atoms with van der Waals surface area (Å²) in [5.41, 5.74) is 18.3. The van der Waals surface area contributed by atoms with Crippen molar-refractivity contribution in [2.75, 3.05) is 48.2 Å². The number of hydrogen-bond acceptors (Lipinski definition) is 12. The molecule has 0 saturated carbocycles. The number of hydrazone groups is 4. The molecule has 12 rings (SSSR count). The van der Waals surface area contributed by atoms with Gasteiger partial charge in [0.1, 0.15) is 5.52 Å². The van der Waals surface area contributed by atoms with Crippen molar-refractivity contribution in [3.8, 4) is 0 Å². The molecule has 2 heterocycles. The van der Waals surface area contributed by atoms with Crippen LogP contribution in [0.4, 0.5) is 22.5 Å². The maximum Gasteiger partial charge on any atom is 0.318 e. The van der Waals surface area contributed by atoms with Crippen LogP contribution in [0.1, 0.15) is 205 Å². The Bertz CT molecular complexity index is 4220. The average molecular weight is 1800 g/mol. The minimum absolute atomic E-state index is 0. The summed E-state index contributed by atoms with van der Waals surface area (Å²) in [5, 5.41) is 30.5. The number of thiazole rings is 1. The number of aromatic nitrogens is 2. The Kier molecular flexibility index (Phi) is 73.4. The summed E-state index contributed by atoms with van der Waals surface area (Å²) < 4.78 is 6.82. The maximum absolute atomic E-state index is 5.65. The first-order chi connectivity index (χ1) is 51.5. The fourth-order valence-electron chi connectivity index (χ4n) is 9.00. The number of oxazole rings is 1. The molecule has 0 aliphatic rings. The standard InChI is InChI=1S/2C20H19N2.C17H16N3O.C17H16N3S.10C2H6.4Y/c1-15-11-12-16(2)18(13-15)14-21-22(3)20-10-6-8-17-7-4-5-9-19(17)20;1-15-8-9-16(2)19(12-15)14-21-22(3)20-11-10-17-6-4-5-7-18(17)13-20;2*1-12-8-9-13(2)14(10-12)11-18-20(3)17-19-15-6-4-5-7-16(15)21-17;10*1-2;;;;/h2*4-13H,1-3H3;2*4-10H,1-3H3;10*1-2H3;;;;/q4*-1;;;;;;;;;;;;;;. The molecule has 10 aromatic carbocycles. The number of hydrogen-bond donors (Lipinski definition) is 0. The number of anilines is 4. The van der Waals surface area contributed by atoms with Crippen molar-refractivity contribution >= 4 is 102 Å². The molecule has 4 radical (unpaired) electrons. The molecule has 0 atom stereocenters. The van der Waals surface area contributed by atoms with E-state index in [0.29, 0.717) is 6.01 Å². The predicted molar refractivity (Wildman–Crippen MR) is 478 cm³/mol. The summed E-state index contributed by atoms with van der Waals surface area (Å²) in [6.07, 6.45) is 12.5. The number of fused-ring (bicyclic) bond motifs is 4. The fraction of sp³-hybridized carbons (Fsp3) is 0.340. The molecule has 0 unspecified atom stereocenters. The zero-order chi connectivity index (χ0) is 80.7. The van der Waals surface area contributed by atoms with E-state index in [4.69, 9.17) is 4.42 Å². The van der Waals surface area contributed by atoms with Gasteiger partial charge in [-0.1, -0.05) is 320 Å². The number of aryl methyl sites for hydroxylation is 8. The van der Waals surface area contributed by atoms with Gasteiger partial charge in [-0.3, -0.25) is 25.2 Å². The summed E-state index contributed by atoms with van der Waals surface area (Å²) in [5.74, 6) is 0. The molecule has 0 fully saturated rings. The number of benzene rings is 10. The van der Waals surface area contributed by atoms with Crippen molar-refractivity contribution in [2.45, 2.75) is 194 Å². The van der Waals surface area contributed by atoms with Gasteiger partial charge in [-0.05, 0) is 83.5 Å². The van der Waals surface area contributed by atoms with Crippen molar-refractivity contribution in [3.05, 3.63) is 273 Å². The van der Waals surface area contributed by atoms with Crippen LogP contribution in [-0.2, 0) is 131 Å². The molecule has 110 heavy (non-hydrogen) atoms. The molecule has 0 amide bonds. The molecule has 2 aromatic heterocycles. The third-order valence-electron chi connectivity index (χ3n) is 14.2. The van der Waals surface area contributed by atoms with E-state index < -0.39 is 0 Å². The van der Waals surface area contributed by atoms with Gasteiger partial charge < -0.3 is 4.42 Å². The van der Waals surface area contributed by atoms with Gasteiger partial charge in [0.15, 0.2) is 5.58 Å². The zero-order valence-electron chi connectivity index (χ0n) is 73.2. The van der Waals surface area contributed by atoms with E-state index in [9.17, 15) is 0 Å². The number of rotatable bonds is 12. The Labute approximate surface area is 773 Å². The van der Waals surface area contributed by atoms with Crippen LogP contribution in [0.2, 0.25) is 0 Å². The van der Waals surface area contributed by atoms with Crippen LogP contribution in [0.5, 0.6) is 0 Å². The Balaban J connectivity index is -0.000000300. The summed E-state index contributed by atoms with van der Waals surface area (Å²) in [6.45, 7) is 56.5. The summed E-state index contributed by atoms with van der Waals surface area (Å²) in [6, 6.07) is 70.6. The molecule has 0 bridgehead atoms. The SMILES string of the molecule is CC.CC.CC.CC.CC.CC.CC.CC.CC.CC.Cc1ccc(C)c([C-]=NN(C)c2ccc3ccccc3c2)c1.Cc1ccc(C)c([C-]=NN(C)c2cccc3ccccc23)c1.Cc1ccc(C)c([C-]=NN(C)c2nc3ccccc3o2)c1.Cc1ccc(C)c([C-]=NN(C)c2nc3ccccc3s2)c1.[Y].[Y].[Y].[Y]. The molecular weight excluding hydrogens is 1670 g/mol. The van der Waals surface area contributed by atoms with Crippen LogP contribution in [0.25, 0.3) is 42.9 Å². The second kappa shape index (κ2) is 70.0. The molecule has 0 N–H and O–H groups in total. The van der Waals surface area contributed by atoms with E-state index in [2.05, 4.69) is 267 Å². The minimum atomic E-state index is 0. The smallest absolute Gasteiger partial charge is 0.318 e.